The van der Waals surface area contributed by atoms with Crippen LogP contribution in [0.2, 0.25) is 0 Å². The minimum absolute atomic E-state index is 0.265. The summed E-state index contributed by atoms with van der Waals surface area (Å²) in [5.41, 5.74) is 2.34. The van der Waals surface area contributed by atoms with E-state index in [1.165, 1.54) is 31.5 Å². The van der Waals surface area contributed by atoms with Crippen LogP contribution in [0.3, 0.4) is 0 Å². The summed E-state index contributed by atoms with van der Waals surface area (Å²) in [6, 6.07) is 6.10. The molecule has 1 aromatic carbocycles. The molecule has 0 aromatic heterocycles. The van der Waals surface area contributed by atoms with Crippen molar-refractivity contribution in [3.8, 4) is 5.75 Å². The van der Waals surface area contributed by atoms with Crippen molar-refractivity contribution in [2.45, 2.75) is 38.2 Å². The zero-order valence-corrected chi connectivity index (χ0v) is 11.5. The van der Waals surface area contributed by atoms with Crippen LogP contribution < -0.4 is 4.74 Å². The van der Waals surface area contributed by atoms with E-state index in [4.69, 9.17) is 4.74 Å². The number of aliphatic hydroxyl groups is 1. The van der Waals surface area contributed by atoms with Crippen molar-refractivity contribution in [3.05, 3.63) is 29.3 Å². The number of aliphatic hydroxyl groups excluding tert-OH is 1. The van der Waals surface area contributed by atoms with Gasteiger partial charge in [0.05, 0.1) is 12.7 Å². The fourth-order valence-electron chi connectivity index (χ4n) is 3.15. The number of rotatable bonds is 5. The number of aryl methyl sites for hydroxylation is 1. The average molecular weight is 261 g/mol. The lowest BCUT2D eigenvalue weighted by atomic mass is 10.1. The molecule has 104 valence electrons. The van der Waals surface area contributed by atoms with E-state index < -0.39 is 0 Å². The molecule has 1 heterocycles. The van der Waals surface area contributed by atoms with Gasteiger partial charge in [0.25, 0.3) is 0 Å². The maximum Gasteiger partial charge on any atom is 0.119 e. The quantitative estimate of drug-likeness (QED) is 0.827. The molecule has 1 aromatic rings. The lowest BCUT2D eigenvalue weighted by molar-refractivity contribution is 0.180. The van der Waals surface area contributed by atoms with E-state index in [0.717, 1.165) is 43.7 Å². The Morgan fingerprint density at radius 3 is 2.95 bits per heavy atom. The summed E-state index contributed by atoms with van der Waals surface area (Å²) >= 11 is 0. The largest absolute Gasteiger partial charge is 0.494 e. The van der Waals surface area contributed by atoms with Crippen LogP contribution in [0.1, 0.15) is 42.9 Å². The van der Waals surface area contributed by atoms with Crippen LogP contribution in [-0.4, -0.2) is 36.2 Å². The van der Waals surface area contributed by atoms with Gasteiger partial charge in [-0.15, -0.1) is 0 Å². The van der Waals surface area contributed by atoms with Gasteiger partial charge in [-0.3, -0.25) is 0 Å². The van der Waals surface area contributed by atoms with Crippen molar-refractivity contribution in [1.29, 1.82) is 0 Å². The molecule has 1 aliphatic heterocycles. The van der Waals surface area contributed by atoms with E-state index in [1.807, 2.05) is 12.1 Å². The monoisotopic (exact) mass is 261 g/mol. The molecule has 0 saturated carbocycles. The van der Waals surface area contributed by atoms with Gasteiger partial charge in [0.1, 0.15) is 5.75 Å². The van der Waals surface area contributed by atoms with Gasteiger partial charge in [0, 0.05) is 6.54 Å². The Kier molecular flexibility index (Phi) is 4.04. The van der Waals surface area contributed by atoms with Crippen molar-refractivity contribution in [3.63, 3.8) is 0 Å². The van der Waals surface area contributed by atoms with Crippen LogP contribution in [0.5, 0.6) is 5.75 Å². The second-order valence-electron chi connectivity index (χ2n) is 5.67. The summed E-state index contributed by atoms with van der Waals surface area (Å²) in [5.74, 6) is 0.953. The minimum Gasteiger partial charge on any atom is -0.494 e. The van der Waals surface area contributed by atoms with Crippen LogP contribution in [0.25, 0.3) is 0 Å². The summed E-state index contributed by atoms with van der Waals surface area (Å²) in [7, 11) is 0. The van der Waals surface area contributed by atoms with Gasteiger partial charge in [0.2, 0.25) is 0 Å². The molecule has 1 saturated heterocycles. The van der Waals surface area contributed by atoms with Gasteiger partial charge < -0.3 is 14.7 Å². The smallest absolute Gasteiger partial charge is 0.119 e. The van der Waals surface area contributed by atoms with Crippen LogP contribution in [0.15, 0.2) is 18.2 Å². The van der Waals surface area contributed by atoms with E-state index >= 15 is 0 Å². The van der Waals surface area contributed by atoms with Crippen molar-refractivity contribution in [2.24, 2.45) is 0 Å². The first-order valence-corrected chi connectivity index (χ1v) is 7.49. The third-order valence-corrected chi connectivity index (χ3v) is 4.25. The van der Waals surface area contributed by atoms with Crippen LogP contribution in [0, 0.1) is 0 Å². The third-order valence-electron chi connectivity index (χ3n) is 4.25. The maximum atomic E-state index is 9.76. The molecular weight excluding hydrogens is 238 g/mol. The molecule has 0 radical (unpaired) electrons. The Labute approximate surface area is 115 Å². The fourth-order valence-corrected chi connectivity index (χ4v) is 3.15. The molecule has 0 amide bonds. The van der Waals surface area contributed by atoms with Gasteiger partial charge in [-0.25, -0.2) is 0 Å². The van der Waals surface area contributed by atoms with E-state index in [0.29, 0.717) is 0 Å². The second-order valence-corrected chi connectivity index (χ2v) is 5.67. The molecule has 1 aliphatic carbocycles. The van der Waals surface area contributed by atoms with Crippen molar-refractivity contribution in [2.75, 3.05) is 26.2 Å². The first-order chi connectivity index (χ1) is 9.33. The highest BCUT2D eigenvalue weighted by Crippen LogP contribution is 2.33. The zero-order chi connectivity index (χ0) is 13.1. The number of hydrogen-bond acceptors (Lipinski definition) is 3. The minimum atomic E-state index is -0.265. The number of likely N-dealkylation sites (tertiary alicyclic amines) is 1. The van der Waals surface area contributed by atoms with Crippen molar-refractivity contribution < 1.29 is 9.84 Å². The Hall–Kier alpha value is -1.06. The summed E-state index contributed by atoms with van der Waals surface area (Å²) in [5, 5.41) is 9.76. The molecule has 1 atom stereocenters. The second kappa shape index (κ2) is 5.93. The fraction of sp³-hybridized carbons (Fsp3) is 0.625. The molecule has 19 heavy (non-hydrogen) atoms. The van der Waals surface area contributed by atoms with Crippen LogP contribution >= 0.6 is 0 Å². The molecule has 3 nitrogen and oxygen atoms in total. The Bertz CT molecular complexity index is 427. The zero-order valence-electron chi connectivity index (χ0n) is 11.5. The lowest BCUT2D eigenvalue weighted by Crippen LogP contribution is -2.21. The molecule has 0 spiro atoms. The van der Waals surface area contributed by atoms with Gasteiger partial charge in [0.15, 0.2) is 0 Å². The first kappa shape index (κ1) is 12.9. The normalized spacial score (nSPS) is 22.7. The summed E-state index contributed by atoms with van der Waals surface area (Å²) in [6.07, 6.45) is 5.37. The molecule has 1 fully saturated rings. The summed E-state index contributed by atoms with van der Waals surface area (Å²) in [4.78, 5) is 2.52. The molecular formula is C16H23NO2. The molecule has 0 bridgehead atoms. The molecule has 3 heteroatoms. The van der Waals surface area contributed by atoms with E-state index in [9.17, 15) is 5.11 Å². The highest BCUT2D eigenvalue weighted by Gasteiger charge is 2.20. The Morgan fingerprint density at radius 2 is 2.11 bits per heavy atom. The highest BCUT2D eigenvalue weighted by atomic mass is 16.5. The number of nitrogens with zero attached hydrogens (tertiary/aromatic N) is 1. The number of hydrogen-bond donors (Lipinski definition) is 1. The molecule has 2 aliphatic rings. The number of fused-ring (bicyclic) bond motifs is 1. The van der Waals surface area contributed by atoms with Gasteiger partial charge in [-0.2, -0.15) is 0 Å². The number of ether oxygens (including phenoxy) is 1. The van der Waals surface area contributed by atoms with Crippen molar-refractivity contribution in [1.82, 2.24) is 4.90 Å². The van der Waals surface area contributed by atoms with E-state index in [-0.39, 0.29) is 6.10 Å². The topological polar surface area (TPSA) is 32.7 Å². The van der Waals surface area contributed by atoms with Gasteiger partial charge >= 0.3 is 0 Å². The molecule has 1 N–H and O–H groups in total. The van der Waals surface area contributed by atoms with Crippen LogP contribution in [-0.2, 0) is 6.42 Å². The Balaban J connectivity index is 1.45. The standard InChI is InChI=1S/C16H23NO2/c18-16-7-4-13-12-14(5-6-15(13)16)19-11-3-10-17-8-1-2-9-17/h5-6,12,16,18H,1-4,7-11H2. The SMILES string of the molecule is OC1CCc2cc(OCCCN3CCCC3)ccc21. The average Bonchev–Trinajstić information content (AvgIpc) is 3.05. The molecule has 1 unspecified atom stereocenters. The predicted molar refractivity (Wildman–Crippen MR) is 75.5 cm³/mol. The summed E-state index contributed by atoms with van der Waals surface area (Å²) < 4.78 is 5.82. The maximum absolute atomic E-state index is 9.76. The highest BCUT2D eigenvalue weighted by molar-refractivity contribution is 5.39. The van der Waals surface area contributed by atoms with Gasteiger partial charge in [-0.1, -0.05) is 6.07 Å². The van der Waals surface area contributed by atoms with E-state index in [1.54, 1.807) is 0 Å². The third kappa shape index (κ3) is 3.10. The van der Waals surface area contributed by atoms with Gasteiger partial charge in [-0.05, 0) is 68.5 Å². The first-order valence-electron chi connectivity index (χ1n) is 7.49. The van der Waals surface area contributed by atoms with E-state index in [2.05, 4.69) is 11.0 Å². The Morgan fingerprint density at radius 1 is 1.26 bits per heavy atom. The summed E-state index contributed by atoms with van der Waals surface area (Å²) in [6.45, 7) is 4.47. The van der Waals surface area contributed by atoms with Crippen molar-refractivity contribution >= 4 is 0 Å². The number of benzene rings is 1. The predicted octanol–water partition coefficient (Wildman–Crippen LogP) is 2.53. The lowest BCUT2D eigenvalue weighted by Gasteiger charge is -2.14. The molecule has 3 rings (SSSR count). The van der Waals surface area contributed by atoms with Crippen LogP contribution in [0.4, 0.5) is 0 Å².